The Balaban J connectivity index is 1.31. The Morgan fingerprint density at radius 1 is 0.917 bits per heavy atom. The van der Waals surface area contributed by atoms with Crippen molar-refractivity contribution in [1.82, 2.24) is 20.1 Å². The van der Waals surface area contributed by atoms with Crippen LogP contribution in [0, 0.1) is 0 Å². The molecule has 0 saturated heterocycles. The van der Waals surface area contributed by atoms with Crippen molar-refractivity contribution in [1.29, 1.82) is 0 Å². The van der Waals surface area contributed by atoms with E-state index < -0.39 is 6.03 Å². The Kier molecular flexibility index (Phi) is 7.57. The molecule has 4 aromatic rings. The number of urea groups is 1. The highest BCUT2D eigenvalue weighted by atomic mass is 35.5. The predicted molar refractivity (Wildman–Crippen MR) is 136 cm³/mol. The molecule has 2 aromatic heterocycles. The smallest absolute Gasteiger partial charge is 0.323 e. The highest BCUT2D eigenvalue weighted by molar-refractivity contribution is 6.29. The second kappa shape index (κ2) is 11.2. The number of anilines is 2. The van der Waals surface area contributed by atoms with Crippen LogP contribution in [0.15, 0.2) is 83.8 Å². The number of hydrogen-bond acceptors (Lipinski definition) is 6. The molecule has 0 radical (unpaired) electrons. The molecular formula is C25H21ClN6O4. The van der Waals surface area contributed by atoms with Crippen molar-refractivity contribution in [2.24, 2.45) is 0 Å². The van der Waals surface area contributed by atoms with Crippen LogP contribution in [0.5, 0.6) is 11.5 Å². The van der Waals surface area contributed by atoms with Gasteiger partial charge >= 0.3 is 6.03 Å². The van der Waals surface area contributed by atoms with E-state index >= 15 is 0 Å². The van der Waals surface area contributed by atoms with E-state index in [0.29, 0.717) is 22.9 Å². The number of pyridine rings is 1. The number of nitrogens with zero attached hydrogens (tertiary/aromatic N) is 3. The number of carbonyl (C=O) groups is 2. The third-order valence-electron chi connectivity index (χ3n) is 4.92. The Hall–Kier alpha value is -4.70. The van der Waals surface area contributed by atoms with Gasteiger partial charge in [0.2, 0.25) is 0 Å². The minimum absolute atomic E-state index is 0.233. The first-order chi connectivity index (χ1) is 17.4. The molecule has 0 aliphatic rings. The van der Waals surface area contributed by atoms with Crippen LogP contribution in [0.25, 0.3) is 0 Å². The average molecular weight is 505 g/mol. The Morgan fingerprint density at radius 3 is 2.25 bits per heavy atom. The summed E-state index contributed by atoms with van der Waals surface area (Å²) < 4.78 is 7.02. The lowest BCUT2D eigenvalue weighted by Crippen LogP contribution is -2.22. The van der Waals surface area contributed by atoms with E-state index in [2.05, 4.69) is 26.0 Å². The van der Waals surface area contributed by atoms with E-state index in [9.17, 15) is 14.4 Å². The molecule has 3 N–H and O–H groups in total. The van der Waals surface area contributed by atoms with Crippen molar-refractivity contribution < 1.29 is 14.3 Å². The molecule has 11 heteroatoms. The lowest BCUT2D eigenvalue weighted by Gasteiger charge is -2.10. The first kappa shape index (κ1) is 24.4. The Morgan fingerprint density at radius 2 is 1.58 bits per heavy atom. The van der Waals surface area contributed by atoms with Crippen molar-refractivity contribution in [2.45, 2.75) is 6.54 Å². The van der Waals surface area contributed by atoms with Crippen LogP contribution >= 0.6 is 11.6 Å². The van der Waals surface area contributed by atoms with E-state index in [0.717, 1.165) is 5.56 Å². The fourth-order valence-electron chi connectivity index (χ4n) is 3.17. The largest absolute Gasteiger partial charge is 0.457 e. The van der Waals surface area contributed by atoms with E-state index in [4.69, 9.17) is 16.3 Å². The van der Waals surface area contributed by atoms with E-state index in [1.165, 1.54) is 36.1 Å². The van der Waals surface area contributed by atoms with Gasteiger partial charge in [0, 0.05) is 36.8 Å². The van der Waals surface area contributed by atoms with Crippen LogP contribution in [0.4, 0.5) is 16.2 Å². The molecule has 0 fully saturated rings. The Bertz CT molecular complexity index is 1440. The van der Waals surface area contributed by atoms with Gasteiger partial charge in [0.05, 0.1) is 6.54 Å². The fourth-order valence-corrected chi connectivity index (χ4v) is 3.32. The summed E-state index contributed by atoms with van der Waals surface area (Å²) in [6, 6.07) is 19.3. The maximum absolute atomic E-state index is 12.4. The van der Waals surface area contributed by atoms with Gasteiger partial charge in [0.15, 0.2) is 0 Å². The molecular weight excluding hydrogens is 484 g/mol. The van der Waals surface area contributed by atoms with Gasteiger partial charge in [-0.3, -0.25) is 14.6 Å². The molecule has 2 heterocycles. The zero-order valence-corrected chi connectivity index (χ0v) is 19.8. The maximum atomic E-state index is 12.4. The van der Waals surface area contributed by atoms with Crippen molar-refractivity contribution in [2.75, 3.05) is 17.7 Å². The number of hydrogen-bond donors (Lipinski definition) is 3. The third kappa shape index (κ3) is 6.45. The number of ether oxygens (including phenoxy) is 1. The van der Waals surface area contributed by atoms with Crippen molar-refractivity contribution in [3.8, 4) is 11.5 Å². The maximum Gasteiger partial charge on any atom is 0.323 e. The molecule has 0 bridgehead atoms. The fraction of sp³-hybridized carbons (Fsp3) is 0.0800. The lowest BCUT2D eigenvalue weighted by atomic mass is 10.2. The summed E-state index contributed by atoms with van der Waals surface area (Å²) in [5.74, 6) is 0.676. The molecule has 0 spiro atoms. The first-order valence-corrected chi connectivity index (χ1v) is 11.1. The number of aromatic nitrogens is 3. The topological polar surface area (TPSA) is 127 Å². The Labute approximate surface area is 210 Å². The highest BCUT2D eigenvalue weighted by Crippen LogP contribution is 2.23. The number of carbonyl (C=O) groups excluding carboxylic acids is 2. The highest BCUT2D eigenvalue weighted by Gasteiger charge is 2.08. The SMILES string of the molecule is CNC(=O)c1cc(Oc2ccc(NC(=O)Nc3ccc(Cn4nc(Cl)ccc4=O)cc3)cc2)ccn1. The molecule has 182 valence electrons. The minimum Gasteiger partial charge on any atom is -0.457 e. The first-order valence-electron chi connectivity index (χ1n) is 10.8. The normalized spacial score (nSPS) is 10.4. The summed E-state index contributed by atoms with van der Waals surface area (Å²) in [5.41, 5.74) is 1.95. The molecule has 0 saturated carbocycles. The van der Waals surface area contributed by atoms with Gasteiger partial charge < -0.3 is 20.7 Å². The van der Waals surface area contributed by atoms with Gasteiger partial charge in [-0.1, -0.05) is 23.7 Å². The minimum atomic E-state index is -0.423. The monoisotopic (exact) mass is 504 g/mol. The standard InChI is InChI=1S/C25H21ClN6O4/c1-27-24(34)21-14-20(12-13-28-21)36-19-8-6-18(7-9-19)30-25(35)29-17-4-2-16(3-5-17)15-32-23(33)11-10-22(26)31-32/h2-14H,15H2,1H3,(H,27,34)(H2,29,30,35). The van der Waals surface area contributed by atoms with E-state index in [1.807, 2.05) is 0 Å². The van der Waals surface area contributed by atoms with Crippen LogP contribution in [0.2, 0.25) is 5.15 Å². The van der Waals surface area contributed by atoms with Crippen molar-refractivity contribution in [3.63, 3.8) is 0 Å². The van der Waals surface area contributed by atoms with E-state index in [1.54, 1.807) is 54.6 Å². The van der Waals surface area contributed by atoms with Gasteiger partial charge in [-0.25, -0.2) is 9.48 Å². The van der Waals surface area contributed by atoms with Gasteiger partial charge in [-0.2, -0.15) is 5.10 Å². The van der Waals surface area contributed by atoms with Crippen LogP contribution < -0.4 is 26.2 Å². The molecule has 2 aromatic carbocycles. The van der Waals surface area contributed by atoms with E-state index in [-0.39, 0.29) is 28.9 Å². The number of benzene rings is 2. The summed E-state index contributed by atoms with van der Waals surface area (Å²) in [6.45, 7) is 0.257. The summed E-state index contributed by atoms with van der Waals surface area (Å²) in [5, 5.41) is 12.2. The zero-order valence-electron chi connectivity index (χ0n) is 19.1. The van der Waals surface area contributed by atoms with Gasteiger partial charge in [0.1, 0.15) is 22.3 Å². The molecule has 0 unspecified atom stereocenters. The van der Waals surface area contributed by atoms with Crippen LogP contribution in [-0.2, 0) is 6.54 Å². The number of halogens is 1. The zero-order chi connectivity index (χ0) is 25.5. The second-order valence-corrected chi connectivity index (χ2v) is 7.90. The summed E-state index contributed by atoms with van der Waals surface area (Å²) in [6.07, 6.45) is 1.49. The molecule has 0 aliphatic carbocycles. The number of nitrogens with one attached hydrogen (secondary N) is 3. The quantitative estimate of drug-likeness (QED) is 0.347. The van der Waals surface area contributed by atoms with Crippen molar-refractivity contribution in [3.05, 3.63) is 106 Å². The van der Waals surface area contributed by atoms with Gasteiger partial charge in [0.25, 0.3) is 11.5 Å². The van der Waals surface area contributed by atoms with Crippen LogP contribution in [0.1, 0.15) is 16.1 Å². The molecule has 36 heavy (non-hydrogen) atoms. The molecule has 0 atom stereocenters. The average Bonchev–Trinajstić information content (AvgIpc) is 2.88. The second-order valence-electron chi connectivity index (χ2n) is 7.51. The van der Waals surface area contributed by atoms with Crippen LogP contribution in [-0.4, -0.2) is 33.8 Å². The molecule has 0 aliphatic heterocycles. The lowest BCUT2D eigenvalue weighted by molar-refractivity contribution is 0.0958. The van der Waals surface area contributed by atoms with Crippen molar-refractivity contribution >= 4 is 34.9 Å². The number of rotatable bonds is 7. The molecule has 3 amide bonds. The number of amides is 3. The van der Waals surface area contributed by atoms with Crippen LogP contribution in [0.3, 0.4) is 0 Å². The predicted octanol–water partition coefficient (Wildman–Crippen LogP) is 4.14. The third-order valence-corrected chi connectivity index (χ3v) is 5.12. The van der Waals surface area contributed by atoms with Gasteiger partial charge in [-0.15, -0.1) is 0 Å². The molecule has 4 rings (SSSR count). The van der Waals surface area contributed by atoms with Gasteiger partial charge in [-0.05, 0) is 54.1 Å². The summed E-state index contributed by atoms with van der Waals surface area (Å²) >= 11 is 5.85. The summed E-state index contributed by atoms with van der Waals surface area (Å²) in [7, 11) is 1.53. The summed E-state index contributed by atoms with van der Waals surface area (Å²) in [4.78, 5) is 40.0. The molecule has 10 nitrogen and oxygen atoms in total.